The van der Waals surface area contributed by atoms with Crippen molar-refractivity contribution in [1.29, 1.82) is 0 Å². The van der Waals surface area contributed by atoms with Crippen LogP contribution >= 0.6 is 11.3 Å². The third-order valence-electron chi connectivity index (χ3n) is 4.73. The second-order valence-electron chi connectivity index (χ2n) is 5.79. The Morgan fingerprint density at radius 1 is 1.35 bits per heavy atom. The van der Waals surface area contributed by atoms with Crippen molar-refractivity contribution in [2.24, 2.45) is 11.8 Å². The topological polar surface area (TPSA) is 24.9 Å². The fourth-order valence-corrected chi connectivity index (χ4v) is 5.00. The van der Waals surface area contributed by atoms with Crippen LogP contribution in [0, 0.1) is 18.8 Å². The van der Waals surface area contributed by atoms with Gasteiger partial charge < -0.3 is 5.32 Å². The van der Waals surface area contributed by atoms with Crippen LogP contribution < -0.4 is 5.32 Å². The van der Waals surface area contributed by atoms with E-state index in [1.807, 2.05) is 18.4 Å². The zero-order valence-corrected chi connectivity index (χ0v) is 11.8. The molecule has 2 saturated carbocycles. The van der Waals surface area contributed by atoms with E-state index in [4.69, 9.17) is 4.98 Å². The van der Waals surface area contributed by atoms with E-state index in [1.165, 1.54) is 41.3 Å². The van der Waals surface area contributed by atoms with Crippen LogP contribution in [0.25, 0.3) is 0 Å². The number of hydrogen-bond acceptors (Lipinski definition) is 3. The summed E-state index contributed by atoms with van der Waals surface area (Å²) in [6, 6.07) is 0.444. The Kier molecular flexibility index (Phi) is 2.99. The van der Waals surface area contributed by atoms with Crippen LogP contribution in [-0.4, -0.2) is 12.0 Å². The van der Waals surface area contributed by atoms with Gasteiger partial charge in [-0.25, -0.2) is 4.98 Å². The second-order valence-corrected chi connectivity index (χ2v) is 6.86. The standard InChI is InChI=1S/C14H22N2S/c1-8(15-3)13-9(2)16-14(17-13)12-7-10-4-5-11(12)6-10/h8,10-12,15H,4-7H2,1-3H3. The summed E-state index contributed by atoms with van der Waals surface area (Å²) in [5.41, 5.74) is 1.25. The van der Waals surface area contributed by atoms with E-state index < -0.39 is 0 Å². The third-order valence-corrected chi connectivity index (χ3v) is 6.20. The molecule has 2 aliphatic carbocycles. The first-order valence-corrected chi connectivity index (χ1v) is 7.65. The summed E-state index contributed by atoms with van der Waals surface area (Å²) in [6.45, 7) is 4.39. The Balaban J connectivity index is 1.84. The molecule has 2 bridgehead atoms. The van der Waals surface area contributed by atoms with E-state index >= 15 is 0 Å². The average Bonchev–Trinajstić information content (AvgIpc) is 3.01. The quantitative estimate of drug-likeness (QED) is 0.886. The smallest absolute Gasteiger partial charge is 0.0965 e. The van der Waals surface area contributed by atoms with Crippen molar-refractivity contribution >= 4 is 11.3 Å². The maximum atomic E-state index is 4.86. The minimum Gasteiger partial charge on any atom is -0.312 e. The predicted octanol–water partition coefficient (Wildman–Crippen LogP) is 3.64. The van der Waals surface area contributed by atoms with Crippen molar-refractivity contribution in [3.8, 4) is 0 Å². The van der Waals surface area contributed by atoms with Crippen LogP contribution in [0.4, 0.5) is 0 Å². The molecule has 3 rings (SSSR count). The van der Waals surface area contributed by atoms with E-state index in [-0.39, 0.29) is 0 Å². The molecule has 1 aromatic heterocycles. The minimum absolute atomic E-state index is 0.444. The van der Waals surface area contributed by atoms with Gasteiger partial charge in [-0.05, 0) is 52.0 Å². The first-order valence-electron chi connectivity index (χ1n) is 6.83. The number of fused-ring (bicyclic) bond motifs is 2. The Bertz CT molecular complexity index is 412. The lowest BCUT2D eigenvalue weighted by Crippen LogP contribution is -2.11. The molecule has 0 saturated heterocycles. The number of hydrogen-bond donors (Lipinski definition) is 1. The summed E-state index contributed by atoms with van der Waals surface area (Å²) >= 11 is 1.96. The molecule has 0 amide bonds. The second kappa shape index (κ2) is 4.36. The highest BCUT2D eigenvalue weighted by Crippen LogP contribution is 2.53. The zero-order valence-electron chi connectivity index (χ0n) is 11.0. The highest BCUT2D eigenvalue weighted by atomic mass is 32.1. The van der Waals surface area contributed by atoms with Gasteiger partial charge >= 0.3 is 0 Å². The lowest BCUT2D eigenvalue weighted by molar-refractivity contribution is 0.418. The maximum absolute atomic E-state index is 4.86. The molecule has 0 radical (unpaired) electrons. The van der Waals surface area contributed by atoms with Crippen molar-refractivity contribution in [3.05, 3.63) is 15.6 Å². The van der Waals surface area contributed by atoms with Crippen LogP contribution in [0.3, 0.4) is 0 Å². The SMILES string of the molecule is CNC(C)c1sc(C2CC3CCC2C3)nc1C. The molecule has 0 aliphatic heterocycles. The van der Waals surface area contributed by atoms with E-state index in [0.717, 1.165) is 17.8 Å². The largest absolute Gasteiger partial charge is 0.312 e. The lowest BCUT2D eigenvalue weighted by atomic mass is 9.89. The van der Waals surface area contributed by atoms with Crippen molar-refractivity contribution in [1.82, 2.24) is 10.3 Å². The number of thiazole rings is 1. The van der Waals surface area contributed by atoms with Crippen LogP contribution in [0.1, 0.15) is 60.1 Å². The van der Waals surface area contributed by atoms with Gasteiger partial charge in [0.2, 0.25) is 0 Å². The summed E-state index contributed by atoms with van der Waals surface area (Å²) in [7, 11) is 2.03. The molecule has 2 aliphatic rings. The monoisotopic (exact) mass is 250 g/mol. The lowest BCUT2D eigenvalue weighted by Gasteiger charge is -2.19. The Hall–Kier alpha value is -0.410. The van der Waals surface area contributed by atoms with Crippen LogP contribution in [0.2, 0.25) is 0 Å². The number of rotatable bonds is 3. The molecular formula is C14H22N2S. The third kappa shape index (κ3) is 1.93. The van der Waals surface area contributed by atoms with Gasteiger partial charge in [0, 0.05) is 16.8 Å². The van der Waals surface area contributed by atoms with Crippen molar-refractivity contribution in [2.45, 2.75) is 51.5 Å². The van der Waals surface area contributed by atoms with Crippen LogP contribution in [-0.2, 0) is 0 Å². The number of aryl methyl sites for hydroxylation is 1. The van der Waals surface area contributed by atoms with E-state index in [2.05, 4.69) is 19.2 Å². The molecule has 3 heteroatoms. The molecule has 2 fully saturated rings. The van der Waals surface area contributed by atoms with Crippen molar-refractivity contribution in [3.63, 3.8) is 0 Å². The van der Waals surface area contributed by atoms with Gasteiger partial charge in [-0.15, -0.1) is 11.3 Å². The molecule has 4 unspecified atom stereocenters. The fraction of sp³-hybridized carbons (Fsp3) is 0.786. The summed E-state index contributed by atoms with van der Waals surface area (Å²) in [5, 5.41) is 4.75. The Labute approximate surface area is 108 Å². The summed E-state index contributed by atoms with van der Waals surface area (Å²) in [6.07, 6.45) is 5.81. The maximum Gasteiger partial charge on any atom is 0.0965 e. The molecule has 1 N–H and O–H groups in total. The van der Waals surface area contributed by atoms with Gasteiger partial charge in [0.25, 0.3) is 0 Å². The average molecular weight is 250 g/mol. The molecule has 2 nitrogen and oxygen atoms in total. The van der Waals surface area contributed by atoms with Crippen LogP contribution in [0.5, 0.6) is 0 Å². The minimum atomic E-state index is 0.444. The molecule has 0 aromatic carbocycles. The fourth-order valence-electron chi connectivity index (χ4n) is 3.67. The van der Waals surface area contributed by atoms with Gasteiger partial charge in [-0.1, -0.05) is 6.42 Å². The molecule has 94 valence electrons. The summed E-state index contributed by atoms with van der Waals surface area (Å²) in [4.78, 5) is 6.29. The number of nitrogens with zero attached hydrogens (tertiary/aromatic N) is 1. The molecular weight excluding hydrogens is 228 g/mol. The van der Waals surface area contributed by atoms with E-state index in [1.54, 1.807) is 0 Å². The van der Waals surface area contributed by atoms with Crippen molar-refractivity contribution in [2.75, 3.05) is 7.05 Å². The first-order chi connectivity index (χ1) is 8.19. The molecule has 1 aromatic rings. The molecule has 0 spiro atoms. The van der Waals surface area contributed by atoms with Gasteiger partial charge in [0.05, 0.1) is 10.7 Å². The Morgan fingerprint density at radius 3 is 2.76 bits per heavy atom. The number of nitrogens with one attached hydrogen (secondary N) is 1. The highest BCUT2D eigenvalue weighted by molar-refractivity contribution is 7.11. The van der Waals surface area contributed by atoms with Gasteiger partial charge in [0.15, 0.2) is 0 Å². The van der Waals surface area contributed by atoms with Gasteiger partial charge in [0.1, 0.15) is 0 Å². The molecule has 4 atom stereocenters. The van der Waals surface area contributed by atoms with Crippen LogP contribution in [0.15, 0.2) is 0 Å². The van der Waals surface area contributed by atoms with Gasteiger partial charge in [-0.2, -0.15) is 0 Å². The number of aromatic nitrogens is 1. The normalized spacial score (nSPS) is 33.2. The Morgan fingerprint density at radius 2 is 2.18 bits per heavy atom. The zero-order chi connectivity index (χ0) is 12.0. The molecule has 1 heterocycles. The highest BCUT2D eigenvalue weighted by Gasteiger charge is 2.41. The van der Waals surface area contributed by atoms with Gasteiger partial charge in [-0.3, -0.25) is 0 Å². The molecule has 17 heavy (non-hydrogen) atoms. The summed E-state index contributed by atoms with van der Waals surface area (Å²) < 4.78 is 0. The van der Waals surface area contributed by atoms with E-state index in [9.17, 15) is 0 Å². The van der Waals surface area contributed by atoms with Crippen molar-refractivity contribution < 1.29 is 0 Å². The first kappa shape index (κ1) is 11.7. The predicted molar refractivity (Wildman–Crippen MR) is 72.5 cm³/mol. The summed E-state index contributed by atoms with van der Waals surface area (Å²) in [5.74, 6) is 2.75. The van der Waals surface area contributed by atoms with E-state index in [0.29, 0.717) is 6.04 Å².